The number of para-hydroxylation sites is 2. The third-order valence-corrected chi connectivity index (χ3v) is 3.84. The Labute approximate surface area is 131 Å². The summed E-state index contributed by atoms with van der Waals surface area (Å²) in [6.45, 7) is 5.70. The highest BCUT2D eigenvalue weighted by Crippen LogP contribution is 2.24. The van der Waals surface area contributed by atoms with Gasteiger partial charge in [-0.15, -0.1) is 0 Å². The van der Waals surface area contributed by atoms with Gasteiger partial charge in [-0.1, -0.05) is 17.3 Å². The minimum Gasteiger partial charge on any atom is -0.332 e. The fourth-order valence-electron chi connectivity index (χ4n) is 2.89. The molecule has 0 amide bonds. The summed E-state index contributed by atoms with van der Waals surface area (Å²) < 4.78 is 8.75. The smallest absolute Gasteiger partial charge is 0.278 e. The summed E-state index contributed by atoms with van der Waals surface area (Å²) in [5.74, 6) is 0.763. The van der Waals surface area contributed by atoms with Crippen LogP contribution in [0.2, 0.25) is 0 Å². The maximum Gasteiger partial charge on any atom is 0.278 e. The Morgan fingerprint density at radius 3 is 2.57 bits per heavy atom. The van der Waals surface area contributed by atoms with E-state index in [-0.39, 0.29) is 17.5 Å². The lowest BCUT2D eigenvalue weighted by Crippen LogP contribution is -2.24. The second-order valence-electron chi connectivity index (χ2n) is 5.72. The quantitative estimate of drug-likeness (QED) is 0.568. The van der Waals surface area contributed by atoms with E-state index in [9.17, 15) is 4.79 Å². The molecule has 0 aliphatic rings. The first-order chi connectivity index (χ1) is 11.1. The van der Waals surface area contributed by atoms with Gasteiger partial charge >= 0.3 is 0 Å². The molecule has 0 N–H and O–H groups in total. The Hall–Kier alpha value is -2.96. The Kier molecular flexibility index (Phi) is 2.84. The molecule has 0 unspecified atom stereocenters. The first-order valence-electron chi connectivity index (χ1n) is 7.39. The molecule has 3 aromatic heterocycles. The number of benzene rings is 1. The van der Waals surface area contributed by atoms with Gasteiger partial charge in [0.15, 0.2) is 11.5 Å². The minimum absolute atomic E-state index is 0.0181. The van der Waals surface area contributed by atoms with Gasteiger partial charge in [0.1, 0.15) is 11.8 Å². The van der Waals surface area contributed by atoms with Crippen molar-refractivity contribution in [3.63, 3.8) is 0 Å². The predicted molar refractivity (Wildman–Crippen MR) is 85.4 cm³/mol. The molecule has 0 atom stereocenters. The van der Waals surface area contributed by atoms with E-state index in [1.54, 1.807) is 22.2 Å². The lowest BCUT2D eigenvalue weighted by atomic mass is 10.2. The van der Waals surface area contributed by atoms with Crippen LogP contribution in [-0.2, 0) is 0 Å². The van der Waals surface area contributed by atoms with Crippen molar-refractivity contribution in [1.29, 1.82) is 0 Å². The van der Waals surface area contributed by atoms with E-state index < -0.39 is 0 Å². The lowest BCUT2D eigenvalue weighted by Gasteiger charge is -2.15. The fourth-order valence-corrected chi connectivity index (χ4v) is 2.89. The van der Waals surface area contributed by atoms with Crippen molar-refractivity contribution < 1.29 is 4.52 Å². The molecule has 7 heteroatoms. The summed E-state index contributed by atoms with van der Waals surface area (Å²) in [6.07, 6.45) is 1.62. The molecular formula is C16H15N5O2. The van der Waals surface area contributed by atoms with Crippen LogP contribution in [0.15, 0.2) is 39.9 Å². The number of aryl methyl sites for hydroxylation is 1. The van der Waals surface area contributed by atoms with Crippen molar-refractivity contribution in [2.45, 2.75) is 26.8 Å². The Morgan fingerprint density at radius 2 is 1.91 bits per heavy atom. The summed E-state index contributed by atoms with van der Waals surface area (Å²) in [6, 6.07) is 7.78. The fraction of sp³-hybridized carbons (Fsp3) is 0.250. The van der Waals surface area contributed by atoms with Gasteiger partial charge in [0.25, 0.3) is 11.4 Å². The van der Waals surface area contributed by atoms with Crippen LogP contribution in [0.25, 0.3) is 28.1 Å². The standard InChI is InChI=1S/C16H15N5O2/c1-9(2)21-12-7-5-4-6-11(12)20-8-17-13(14(20)16(21)22)15-18-10(3)19-23-15/h4-9H,1-3H3. The van der Waals surface area contributed by atoms with Gasteiger partial charge in [-0.25, -0.2) is 4.98 Å². The first kappa shape index (κ1) is 13.7. The SMILES string of the molecule is Cc1noc(-c2ncn3c2c(=O)n(C(C)C)c2ccccc23)n1. The van der Waals surface area contributed by atoms with Crippen LogP contribution in [0.5, 0.6) is 0 Å². The van der Waals surface area contributed by atoms with Crippen LogP contribution >= 0.6 is 0 Å². The normalized spacial score (nSPS) is 11.8. The number of rotatable bonds is 2. The molecule has 0 radical (unpaired) electrons. The van der Waals surface area contributed by atoms with Crippen molar-refractivity contribution in [2.24, 2.45) is 0 Å². The highest BCUT2D eigenvalue weighted by atomic mass is 16.5. The molecule has 0 aliphatic heterocycles. The van der Waals surface area contributed by atoms with Crippen molar-refractivity contribution in [3.05, 3.63) is 46.8 Å². The van der Waals surface area contributed by atoms with E-state index in [0.717, 1.165) is 11.0 Å². The van der Waals surface area contributed by atoms with E-state index in [1.807, 2.05) is 38.1 Å². The van der Waals surface area contributed by atoms with Crippen molar-refractivity contribution in [3.8, 4) is 11.6 Å². The van der Waals surface area contributed by atoms with Crippen molar-refractivity contribution in [2.75, 3.05) is 0 Å². The van der Waals surface area contributed by atoms with Crippen LogP contribution in [-0.4, -0.2) is 24.1 Å². The van der Waals surface area contributed by atoms with Crippen LogP contribution in [0.4, 0.5) is 0 Å². The van der Waals surface area contributed by atoms with Crippen molar-refractivity contribution >= 4 is 16.6 Å². The van der Waals surface area contributed by atoms with E-state index in [4.69, 9.17) is 4.52 Å². The molecule has 7 nitrogen and oxygen atoms in total. The summed E-state index contributed by atoms with van der Waals surface area (Å²) in [4.78, 5) is 21.6. The number of imidazole rings is 1. The zero-order chi connectivity index (χ0) is 16.1. The van der Waals surface area contributed by atoms with Crippen molar-refractivity contribution in [1.82, 2.24) is 24.1 Å². The third kappa shape index (κ3) is 1.89. The topological polar surface area (TPSA) is 78.2 Å². The molecule has 4 aromatic rings. The van der Waals surface area contributed by atoms with Gasteiger partial charge in [0.05, 0.1) is 11.0 Å². The molecule has 3 heterocycles. The average molecular weight is 309 g/mol. The van der Waals surface area contributed by atoms with Gasteiger partial charge < -0.3 is 9.09 Å². The van der Waals surface area contributed by atoms with E-state index in [2.05, 4.69) is 15.1 Å². The van der Waals surface area contributed by atoms with Crippen LogP contribution < -0.4 is 5.56 Å². The Morgan fingerprint density at radius 1 is 1.17 bits per heavy atom. The number of nitrogens with zero attached hydrogens (tertiary/aromatic N) is 5. The number of fused-ring (bicyclic) bond motifs is 3. The van der Waals surface area contributed by atoms with Crippen LogP contribution in [0.3, 0.4) is 0 Å². The first-order valence-corrected chi connectivity index (χ1v) is 7.39. The number of hydrogen-bond acceptors (Lipinski definition) is 5. The molecule has 0 aliphatic carbocycles. The van der Waals surface area contributed by atoms with E-state index in [1.165, 1.54) is 0 Å². The minimum atomic E-state index is -0.123. The summed E-state index contributed by atoms with van der Waals surface area (Å²) in [7, 11) is 0. The Bertz CT molecular complexity index is 1090. The molecule has 0 bridgehead atoms. The largest absolute Gasteiger partial charge is 0.332 e. The molecule has 4 rings (SSSR count). The molecule has 1 aromatic carbocycles. The molecular weight excluding hydrogens is 294 g/mol. The van der Waals surface area contributed by atoms with E-state index >= 15 is 0 Å². The van der Waals surface area contributed by atoms with Gasteiger partial charge in [-0.05, 0) is 32.9 Å². The highest BCUT2D eigenvalue weighted by molar-refractivity contribution is 5.83. The summed E-state index contributed by atoms with van der Waals surface area (Å²) in [5.41, 5.74) is 2.51. The third-order valence-electron chi connectivity index (χ3n) is 3.84. The molecule has 0 saturated heterocycles. The van der Waals surface area contributed by atoms with Gasteiger partial charge in [-0.3, -0.25) is 9.20 Å². The molecule has 0 saturated carbocycles. The molecule has 23 heavy (non-hydrogen) atoms. The second kappa shape index (κ2) is 4.77. The lowest BCUT2D eigenvalue weighted by molar-refractivity contribution is 0.425. The molecule has 0 spiro atoms. The summed E-state index contributed by atoms with van der Waals surface area (Å²) >= 11 is 0. The van der Waals surface area contributed by atoms with Gasteiger partial charge in [0.2, 0.25) is 0 Å². The van der Waals surface area contributed by atoms with Crippen LogP contribution in [0.1, 0.15) is 25.7 Å². The maximum atomic E-state index is 13.1. The number of hydrogen-bond donors (Lipinski definition) is 0. The molecule has 116 valence electrons. The number of aromatic nitrogens is 5. The van der Waals surface area contributed by atoms with Gasteiger partial charge in [-0.2, -0.15) is 4.98 Å². The maximum absolute atomic E-state index is 13.1. The monoisotopic (exact) mass is 309 g/mol. The van der Waals surface area contributed by atoms with E-state index in [0.29, 0.717) is 17.0 Å². The zero-order valence-corrected chi connectivity index (χ0v) is 13.0. The predicted octanol–water partition coefficient (Wildman–Crippen LogP) is 2.59. The average Bonchev–Trinajstić information content (AvgIpc) is 3.13. The second-order valence-corrected chi connectivity index (χ2v) is 5.72. The van der Waals surface area contributed by atoms with Crippen LogP contribution in [0, 0.1) is 6.92 Å². The summed E-state index contributed by atoms with van der Waals surface area (Å²) in [5, 5.41) is 3.78. The van der Waals surface area contributed by atoms with Gasteiger partial charge in [0, 0.05) is 6.04 Å². The highest BCUT2D eigenvalue weighted by Gasteiger charge is 2.21. The Balaban J connectivity index is 2.20. The zero-order valence-electron chi connectivity index (χ0n) is 13.0. The molecule has 0 fully saturated rings.